The van der Waals surface area contributed by atoms with Crippen molar-refractivity contribution in [3.05, 3.63) is 0 Å². The van der Waals surface area contributed by atoms with Crippen molar-refractivity contribution in [3.8, 4) is 0 Å². The van der Waals surface area contributed by atoms with E-state index in [1.165, 1.54) is 0 Å². The molecule has 12 heavy (non-hydrogen) atoms. The van der Waals surface area contributed by atoms with Crippen molar-refractivity contribution in [2.45, 2.75) is 37.4 Å². The lowest BCUT2D eigenvalue weighted by molar-refractivity contribution is -0.321. The van der Waals surface area contributed by atoms with Crippen LogP contribution in [0.2, 0.25) is 0 Å². The Labute approximate surface area is 70.2 Å². The molecule has 0 unspecified atom stereocenters. The molecule has 0 bridgehead atoms. The Morgan fingerprint density at radius 3 is 2.50 bits per heavy atom. The maximum absolute atomic E-state index is 9.49. The van der Waals surface area contributed by atoms with E-state index in [9.17, 15) is 15.3 Å². The summed E-state index contributed by atoms with van der Waals surface area (Å²) in [6.07, 6.45) is -3.76. The van der Waals surface area contributed by atoms with Crippen LogP contribution in [0.1, 0.15) is 13.3 Å². The maximum atomic E-state index is 9.49. The summed E-state index contributed by atoms with van der Waals surface area (Å²) in [6.45, 7) is 1.45. The molecule has 4 atom stereocenters. The molecule has 0 aromatic carbocycles. The molecule has 72 valence electrons. The lowest BCUT2D eigenvalue weighted by Gasteiger charge is -2.41. The van der Waals surface area contributed by atoms with Gasteiger partial charge in [0.2, 0.25) is 0 Å². The van der Waals surface area contributed by atoms with Crippen molar-refractivity contribution in [2.24, 2.45) is 0 Å². The second kappa shape index (κ2) is 3.27. The predicted octanol–water partition coefficient (Wildman–Crippen LogP) is -1.80. The van der Waals surface area contributed by atoms with Crippen LogP contribution in [0.15, 0.2) is 0 Å². The number of aliphatic hydroxyl groups excluding tert-OH is 3. The van der Waals surface area contributed by atoms with E-state index in [0.717, 1.165) is 0 Å². The number of hydrogen-bond donors (Lipinski definition) is 4. The zero-order valence-electron chi connectivity index (χ0n) is 6.84. The van der Waals surface area contributed by atoms with E-state index in [-0.39, 0.29) is 13.0 Å². The number of rotatable bonds is 1. The largest absolute Gasteiger partial charge is 0.388 e. The summed E-state index contributed by atoms with van der Waals surface area (Å²) < 4.78 is 4.81. The maximum Gasteiger partial charge on any atom is 0.194 e. The van der Waals surface area contributed by atoms with Gasteiger partial charge in [0.1, 0.15) is 18.3 Å². The van der Waals surface area contributed by atoms with Gasteiger partial charge in [0.25, 0.3) is 0 Å². The Bertz CT molecular complexity index is 162. The van der Waals surface area contributed by atoms with E-state index < -0.39 is 24.1 Å². The van der Waals surface area contributed by atoms with Crippen molar-refractivity contribution in [1.29, 1.82) is 0 Å². The molecule has 1 saturated heterocycles. The fourth-order valence-corrected chi connectivity index (χ4v) is 1.20. The highest BCUT2D eigenvalue weighted by molar-refractivity contribution is 4.90. The minimum absolute atomic E-state index is 0.164. The first kappa shape index (κ1) is 9.88. The third-order valence-electron chi connectivity index (χ3n) is 2.19. The van der Waals surface area contributed by atoms with E-state index >= 15 is 0 Å². The van der Waals surface area contributed by atoms with Crippen LogP contribution in [0.25, 0.3) is 0 Å². The van der Waals surface area contributed by atoms with Crippen LogP contribution in [0.5, 0.6) is 0 Å². The minimum Gasteiger partial charge on any atom is -0.388 e. The van der Waals surface area contributed by atoms with Gasteiger partial charge in [-0.05, 0) is 0 Å². The Balaban J connectivity index is 2.71. The first-order valence-corrected chi connectivity index (χ1v) is 3.92. The molecule has 0 spiro atoms. The molecule has 4 N–H and O–H groups in total. The van der Waals surface area contributed by atoms with Gasteiger partial charge in [-0.15, -0.1) is 0 Å². The molecular formula is C7H14O5. The van der Waals surface area contributed by atoms with Crippen molar-refractivity contribution < 1.29 is 25.2 Å². The quantitative estimate of drug-likeness (QED) is 0.380. The molecule has 1 heterocycles. The lowest BCUT2D eigenvalue weighted by Crippen LogP contribution is -2.60. The number of ether oxygens (including phenoxy) is 1. The van der Waals surface area contributed by atoms with Crippen molar-refractivity contribution in [1.82, 2.24) is 0 Å². The van der Waals surface area contributed by atoms with Gasteiger partial charge in [0.05, 0.1) is 6.61 Å². The van der Waals surface area contributed by atoms with Crippen LogP contribution in [0.4, 0.5) is 0 Å². The molecule has 1 aliphatic heterocycles. The van der Waals surface area contributed by atoms with Crippen LogP contribution in [0.3, 0.4) is 0 Å². The molecular weight excluding hydrogens is 164 g/mol. The van der Waals surface area contributed by atoms with E-state index in [4.69, 9.17) is 9.84 Å². The summed E-state index contributed by atoms with van der Waals surface area (Å²) in [5.74, 6) is -1.72. The highest BCUT2D eigenvalue weighted by Gasteiger charge is 2.46. The molecule has 0 amide bonds. The summed E-state index contributed by atoms with van der Waals surface area (Å²) in [4.78, 5) is 0. The average Bonchev–Trinajstić information content (AvgIpc) is 2.09. The predicted molar refractivity (Wildman–Crippen MR) is 39.2 cm³/mol. The normalized spacial score (nSPS) is 49.2. The number of hydrogen-bond acceptors (Lipinski definition) is 5. The van der Waals surface area contributed by atoms with Crippen LogP contribution in [0, 0.1) is 0 Å². The first-order valence-electron chi connectivity index (χ1n) is 3.92. The minimum atomic E-state index is -1.72. The summed E-state index contributed by atoms with van der Waals surface area (Å²) in [7, 11) is 0. The summed E-state index contributed by atoms with van der Waals surface area (Å²) >= 11 is 0. The third-order valence-corrected chi connectivity index (χ3v) is 2.19. The monoisotopic (exact) mass is 178 g/mol. The van der Waals surface area contributed by atoms with Gasteiger partial charge in [-0.3, -0.25) is 0 Å². The van der Waals surface area contributed by atoms with E-state index in [2.05, 4.69) is 0 Å². The third kappa shape index (κ3) is 1.46. The van der Waals surface area contributed by atoms with Gasteiger partial charge in [-0.1, -0.05) is 6.92 Å². The van der Waals surface area contributed by atoms with Crippen LogP contribution in [-0.2, 0) is 4.74 Å². The van der Waals surface area contributed by atoms with Gasteiger partial charge in [0.15, 0.2) is 5.79 Å². The van der Waals surface area contributed by atoms with Gasteiger partial charge < -0.3 is 25.2 Å². The average molecular weight is 178 g/mol. The van der Waals surface area contributed by atoms with Crippen LogP contribution >= 0.6 is 0 Å². The Morgan fingerprint density at radius 2 is 2.00 bits per heavy atom. The lowest BCUT2D eigenvalue weighted by atomic mass is 9.95. The highest BCUT2D eigenvalue weighted by Crippen LogP contribution is 2.26. The van der Waals surface area contributed by atoms with Crippen LogP contribution < -0.4 is 0 Å². The molecule has 0 aliphatic carbocycles. The second-order valence-corrected chi connectivity index (χ2v) is 3.01. The van der Waals surface area contributed by atoms with Gasteiger partial charge in [-0.2, -0.15) is 0 Å². The standard InChI is InChI=1S/C7H14O5/c1-2-7(11)6(10)5(9)4(8)3-12-7/h4-6,8-11H,2-3H2,1H3/t4-,5-,6+,7-/m1/s1. The fraction of sp³-hybridized carbons (Fsp3) is 1.00. The molecule has 0 aromatic heterocycles. The highest BCUT2D eigenvalue weighted by atomic mass is 16.6. The summed E-state index contributed by atoms with van der Waals surface area (Å²) in [5.41, 5.74) is 0. The molecule has 0 radical (unpaired) electrons. The van der Waals surface area contributed by atoms with Gasteiger partial charge >= 0.3 is 0 Å². The van der Waals surface area contributed by atoms with E-state index in [1.54, 1.807) is 6.92 Å². The van der Waals surface area contributed by atoms with E-state index in [1.807, 2.05) is 0 Å². The van der Waals surface area contributed by atoms with E-state index in [0.29, 0.717) is 0 Å². The Hall–Kier alpha value is -0.200. The zero-order chi connectivity index (χ0) is 9.35. The molecule has 5 nitrogen and oxygen atoms in total. The van der Waals surface area contributed by atoms with Gasteiger partial charge in [-0.25, -0.2) is 0 Å². The number of aliphatic hydroxyl groups is 4. The Kier molecular flexibility index (Phi) is 2.70. The first-order chi connectivity index (χ1) is 5.51. The zero-order valence-corrected chi connectivity index (χ0v) is 6.84. The fourth-order valence-electron chi connectivity index (χ4n) is 1.20. The molecule has 5 heteroatoms. The SMILES string of the molecule is CC[C@@]1(O)OC[C@@H](O)[C@@H](O)[C@@H]1O. The van der Waals surface area contributed by atoms with Crippen molar-refractivity contribution >= 4 is 0 Å². The second-order valence-electron chi connectivity index (χ2n) is 3.01. The van der Waals surface area contributed by atoms with Crippen molar-refractivity contribution in [2.75, 3.05) is 6.61 Å². The molecule has 0 aromatic rings. The topological polar surface area (TPSA) is 90.2 Å². The molecule has 0 saturated carbocycles. The molecule has 1 aliphatic rings. The molecule has 1 rings (SSSR count). The van der Waals surface area contributed by atoms with Crippen molar-refractivity contribution in [3.63, 3.8) is 0 Å². The summed E-state index contributed by atoms with van der Waals surface area (Å²) in [5, 5.41) is 37.0. The van der Waals surface area contributed by atoms with Gasteiger partial charge in [0, 0.05) is 6.42 Å². The van der Waals surface area contributed by atoms with Crippen LogP contribution in [-0.4, -0.2) is 51.1 Å². The molecule has 1 fully saturated rings. The smallest absolute Gasteiger partial charge is 0.194 e. The summed E-state index contributed by atoms with van der Waals surface area (Å²) in [6, 6.07) is 0. The Morgan fingerprint density at radius 1 is 1.42 bits per heavy atom.